The summed E-state index contributed by atoms with van der Waals surface area (Å²) >= 11 is 3.52. The van der Waals surface area contributed by atoms with Crippen molar-refractivity contribution in [1.29, 1.82) is 0 Å². The van der Waals surface area contributed by atoms with Crippen LogP contribution in [0.15, 0.2) is 46.9 Å². The number of nitrogens with one attached hydrogen (secondary N) is 3. The second-order valence-electron chi connectivity index (χ2n) is 7.59. The van der Waals surface area contributed by atoms with E-state index in [2.05, 4.69) is 44.0 Å². The quantitative estimate of drug-likeness (QED) is 0.530. The van der Waals surface area contributed by atoms with Gasteiger partial charge in [0.2, 0.25) is 11.8 Å². The van der Waals surface area contributed by atoms with E-state index >= 15 is 0 Å². The number of hydrogen-bond acceptors (Lipinski definition) is 5. The molecule has 1 aliphatic rings. The molecule has 1 saturated heterocycles. The van der Waals surface area contributed by atoms with E-state index in [-0.39, 0.29) is 30.4 Å². The van der Waals surface area contributed by atoms with Crippen molar-refractivity contribution in [3.63, 3.8) is 0 Å². The van der Waals surface area contributed by atoms with Crippen molar-refractivity contribution >= 4 is 33.4 Å². The summed E-state index contributed by atoms with van der Waals surface area (Å²) < 4.78 is 11.8. The summed E-state index contributed by atoms with van der Waals surface area (Å²) in [6, 6.07) is 13.6. The standard InChI is InChI=1S/C23H28BrN3O4/c1-16-6-7-20(30-2)19(12-16)27-22(29)14-25-21(28)15-26-23(8-10-31-11-9-23)17-4-3-5-18(24)13-17/h3-7,12-13,26H,8-11,14-15H2,1-2H3,(H,25,28)(H,27,29). The molecule has 8 heteroatoms. The lowest BCUT2D eigenvalue weighted by Crippen LogP contribution is -2.50. The van der Waals surface area contributed by atoms with Gasteiger partial charge < -0.3 is 20.1 Å². The molecule has 0 saturated carbocycles. The number of carbonyl (C=O) groups excluding carboxylic acids is 2. The van der Waals surface area contributed by atoms with Crippen molar-refractivity contribution in [2.45, 2.75) is 25.3 Å². The Hall–Kier alpha value is -2.42. The van der Waals surface area contributed by atoms with Gasteiger partial charge in [0.15, 0.2) is 0 Å². The van der Waals surface area contributed by atoms with E-state index in [1.165, 1.54) is 0 Å². The first-order valence-corrected chi connectivity index (χ1v) is 11.0. The normalized spacial score (nSPS) is 15.2. The Morgan fingerprint density at radius 3 is 2.58 bits per heavy atom. The SMILES string of the molecule is COc1ccc(C)cc1NC(=O)CNC(=O)CNC1(c2cccc(Br)c2)CCOCC1. The summed E-state index contributed by atoms with van der Waals surface area (Å²) in [5.41, 5.74) is 2.35. The van der Waals surface area contributed by atoms with Gasteiger partial charge in [0.25, 0.3) is 0 Å². The van der Waals surface area contributed by atoms with Gasteiger partial charge >= 0.3 is 0 Å². The molecule has 1 fully saturated rings. The predicted octanol–water partition coefficient (Wildman–Crippen LogP) is 3.12. The predicted molar refractivity (Wildman–Crippen MR) is 123 cm³/mol. The first-order valence-electron chi connectivity index (χ1n) is 10.2. The van der Waals surface area contributed by atoms with Crippen LogP contribution < -0.4 is 20.7 Å². The molecule has 1 heterocycles. The third kappa shape index (κ3) is 6.29. The number of halogens is 1. The molecule has 3 rings (SSSR count). The fourth-order valence-electron chi connectivity index (χ4n) is 3.68. The summed E-state index contributed by atoms with van der Waals surface area (Å²) in [5.74, 6) is 0.0136. The molecule has 7 nitrogen and oxygen atoms in total. The maximum atomic E-state index is 12.4. The van der Waals surface area contributed by atoms with Crippen molar-refractivity contribution in [2.24, 2.45) is 0 Å². The highest BCUT2D eigenvalue weighted by Gasteiger charge is 2.34. The van der Waals surface area contributed by atoms with Gasteiger partial charge in [-0.05, 0) is 55.2 Å². The van der Waals surface area contributed by atoms with Gasteiger partial charge in [0, 0.05) is 23.2 Å². The minimum absolute atomic E-state index is 0.105. The van der Waals surface area contributed by atoms with Crippen molar-refractivity contribution in [3.05, 3.63) is 58.1 Å². The first-order chi connectivity index (χ1) is 14.9. The van der Waals surface area contributed by atoms with Crippen LogP contribution in [-0.2, 0) is 19.9 Å². The number of ether oxygens (including phenoxy) is 2. The monoisotopic (exact) mass is 489 g/mol. The topological polar surface area (TPSA) is 88.7 Å². The molecule has 2 aromatic rings. The average molecular weight is 490 g/mol. The Morgan fingerprint density at radius 1 is 1.10 bits per heavy atom. The number of anilines is 1. The molecule has 2 aromatic carbocycles. The molecule has 0 aliphatic carbocycles. The second kappa shape index (κ2) is 10.7. The summed E-state index contributed by atoms with van der Waals surface area (Å²) in [6.45, 7) is 3.17. The van der Waals surface area contributed by atoms with Crippen LogP contribution in [0.2, 0.25) is 0 Å². The molecular weight excluding hydrogens is 462 g/mol. The lowest BCUT2D eigenvalue weighted by Gasteiger charge is -2.38. The van der Waals surface area contributed by atoms with Crippen LogP contribution in [0.25, 0.3) is 0 Å². The molecule has 2 amide bonds. The van der Waals surface area contributed by atoms with Crippen LogP contribution in [-0.4, -0.2) is 45.2 Å². The van der Waals surface area contributed by atoms with Gasteiger partial charge in [-0.1, -0.05) is 34.1 Å². The highest BCUT2D eigenvalue weighted by Crippen LogP contribution is 2.33. The van der Waals surface area contributed by atoms with E-state index in [0.717, 1.165) is 28.4 Å². The molecule has 0 aromatic heterocycles. The number of carbonyl (C=O) groups is 2. The van der Waals surface area contributed by atoms with E-state index in [4.69, 9.17) is 9.47 Å². The van der Waals surface area contributed by atoms with Crippen molar-refractivity contribution in [2.75, 3.05) is 38.7 Å². The summed E-state index contributed by atoms with van der Waals surface area (Å²) in [4.78, 5) is 24.7. The largest absolute Gasteiger partial charge is 0.495 e. The summed E-state index contributed by atoms with van der Waals surface area (Å²) in [7, 11) is 1.55. The minimum Gasteiger partial charge on any atom is -0.495 e. The van der Waals surface area contributed by atoms with Crippen molar-refractivity contribution < 1.29 is 19.1 Å². The maximum Gasteiger partial charge on any atom is 0.243 e. The third-order valence-electron chi connectivity index (χ3n) is 5.39. The number of amides is 2. The molecule has 0 radical (unpaired) electrons. The van der Waals surface area contributed by atoms with Crippen LogP contribution in [0.4, 0.5) is 5.69 Å². The number of benzene rings is 2. The number of rotatable bonds is 8. The lowest BCUT2D eigenvalue weighted by atomic mass is 9.82. The van der Waals surface area contributed by atoms with E-state index in [0.29, 0.717) is 24.7 Å². The van der Waals surface area contributed by atoms with Crippen molar-refractivity contribution in [3.8, 4) is 5.75 Å². The zero-order chi connectivity index (χ0) is 22.3. The van der Waals surface area contributed by atoms with Crippen molar-refractivity contribution in [1.82, 2.24) is 10.6 Å². The average Bonchev–Trinajstić information content (AvgIpc) is 2.77. The molecule has 0 atom stereocenters. The fourth-order valence-corrected chi connectivity index (χ4v) is 4.08. The fraction of sp³-hybridized carbons (Fsp3) is 0.391. The molecule has 0 bridgehead atoms. The van der Waals surface area contributed by atoms with Gasteiger partial charge in [-0.2, -0.15) is 0 Å². The molecular formula is C23H28BrN3O4. The number of hydrogen-bond donors (Lipinski definition) is 3. The maximum absolute atomic E-state index is 12.4. The molecule has 3 N–H and O–H groups in total. The zero-order valence-electron chi connectivity index (χ0n) is 17.8. The Bertz CT molecular complexity index is 929. The summed E-state index contributed by atoms with van der Waals surface area (Å²) in [6.07, 6.45) is 1.54. The molecule has 1 aliphatic heterocycles. The van der Waals surface area contributed by atoms with Gasteiger partial charge in [-0.25, -0.2) is 0 Å². The smallest absolute Gasteiger partial charge is 0.243 e. The zero-order valence-corrected chi connectivity index (χ0v) is 19.4. The van der Waals surface area contributed by atoms with Gasteiger partial charge in [-0.3, -0.25) is 14.9 Å². The Kier molecular flexibility index (Phi) is 8.06. The number of methoxy groups -OCH3 is 1. The highest BCUT2D eigenvalue weighted by atomic mass is 79.9. The first kappa shape index (κ1) is 23.2. The Balaban J connectivity index is 1.55. The Morgan fingerprint density at radius 2 is 1.87 bits per heavy atom. The van der Waals surface area contributed by atoms with E-state index in [1.54, 1.807) is 13.2 Å². The summed E-state index contributed by atoms with van der Waals surface area (Å²) in [5, 5.41) is 8.87. The minimum atomic E-state index is -0.337. The number of aryl methyl sites for hydroxylation is 1. The van der Waals surface area contributed by atoms with E-state index in [1.807, 2.05) is 31.2 Å². The third-order valence-corrected chi connectivity index (χ3v) is 5.88. The Labute approximate surface area is 191 Å². The highest BCUT2D eigenvalue weighted by molar-refractivity contribution is 9.10. The van der Waals surface area contributed by atoms with E-state index < -0.39 is 0 Å². The van der Waals surface area contributed by atoms with E-state index in [9.17, 15) is 9.59 Å². The molecule has 31 heavy (non-hydrogen) atoms. The molecule has 0 unspecified atom stereocenters. The van der Waals surface area contributed by atoms with Crippen LogP contribution >= 0.6 is 15.9 Å². The van der Waals surface area contributed by atoms with Crippen LogP contribution in [0, 0.1) is 6.92 Å². The molecule has 166 valence electrons. The second-order valence-corrected chi connectivity index (χ2v) is 8.50. The van der Waals surface area contributed by atoms with Crippen LogP contribution in [0.5, 0.6) is 5.75 Å². The van der Waals surface area contributed by atoms with Crippen LogP contribution in [0.1, 0.15) is 24.0 Å². The van der Waals surface area contributed by atoms with Gasteiger partial charge in [0.05, 0.1) is 25.9 Å². The lowest BCUT2D eigenvalue weighted by molar-refractivity contribution is -0.124. The van der Waals surface area contributed by atoms with Gasteiger partial charge in [-0.15, -0.1) is 0 Å². The van der Waals surface area contributed by atoms with Gasteiger partial charge in [0.1, 0.15) is 5.75 Å². The molecule has 0 spiro atoms. The van der Waals surface area contributed by atoms with Crippen LogP contribution in [0.3, 0.4) is 0 Å².